The number of halogens is 2. The van der Waals surface area contributed by atoms with Gasteiger partial charge in [-0.05, 0) is 26.0 Å². The lowest BCUT2D eigenvalue weighted by Crippen LogP contribution is -1.99. The number of hydrogen-bond acceptors (Lipinski definition) is 6. The van der Waals surface area contributed by atoms with Gasteiger partial charge in [-0.3, -0.25) is 5.43 Å². The number of benzene rings is 1. The van der Waals surface area contributed by atoms with Gasteiger partial charge in [-0.2, -0.15) is 5.10 Å². The van der Waals surface area contributed by atoms with Crippen LogP contribution in [-0.4, -0.2) is 15.7 Å². The van der Waals surface area contributed by atoms with Crippen molar-refractivity contribution in [1.29, 1.82) is 0 Å². The van der Waals surface area contributed by atoms with E-state index in [1.807, 2.05) is 43.5 Å². The van der Waals surface area contributed by atoms with Crippen LogP contribution < -0.4 is 5.43 Å². The van der Waals surface area contributed by atoms with Crippen LogP contribution in [0.5, 0.6) is 0 Å². The Balaban J connectivity index is 1.75. The Morgan fingerprint density at radius 1 is 1.17 bits per heavy atom. The summed E-state index contributed by atoms with van der Waals surface area (Å²) in [6, 6.07) is 7.58. The lowest BCUT2D eigenvalue weighted by molar-refractivity contribution is 1.24. The van der Waals surface area contributed by atoms with Crippen molar-refractivity contribution in [3.8, 4) is 11.3 Å². The lowest BCUT2D eigenvalue weighted by atomic mass is 10.2. The van der Waals surface area contributed by atoms with Crippen molar-refractivity contribution >= 4 is 56.7 Å². The maximum absolute atomic E-state index is 5.92. The van der Waals surface area contributed by atoms with Crippen LogP contribution in [0, 0.1) is 6.92 Å². The Bertz CT molecular complexity index is 853. The van der Waals surface area contributed by atoms with Crippen LogP contribution in [0.2, 0.25) is 9.49 Å². The number of thiazole rings is 2. The molecule has 3 aromatic rings. The van der Waals surface area contributed by atoms with Crippen molar-refractivity contribution in [1.82, 2.24) is 9.97 Å². The third-order valence-electron chi connectivity index (χ3n) is 3.06. The van der Waals surface area contributed by atoms with E-state index in [1.165, 1.54) is 22.7 Å². The van der Waals surface area contributed by atoms with Gasteiger partial charge in [-0.25, -0.2) is 9.97 Å². The highest BCUT2D eigenvalue weighted by molar-refractivity contribution is 7.17. The monoisotopic (exact) mass is 382 g/mol. The van der Waals surface area contributed by atoms with Crippen LogP contribution >= 0.6 is 45.9 Å². The summed E-state index contributed by atoms with van der Waals surface area (Å²) in [4.78, 5) is 9.68. The molecule has 0 amide bonds. The molecule has 0 saturated heterocycles. The van der Waals surface area contributed by atoms with Crippen LogP contribution in [0.4, 0.5) is 5.13 Å². The van der Waals surface area contributed by atoms with E-state index in [0.29, 0.717) is 9.49 Å². The molecule has 0 spiro atoms. The predicted octanol–water partition coefficient (Wildman–Crippen LogP) is 5.72. The SMILES string of the molecule is C/C(=N\Nc1nc(-c2ccc(Cl)cc2)cs1)c1sc(Cl)nc1C. The zero-order chi connectivity index (χ0) is 16.4. The fraction of sp³-hybridized carbons (Fsp3) is 0.133. The van der Waals surface area contributed by atoms with Crippen LogP contribution in [0.25, 0.3) is 11.3 Å². The van der Waals surface area contributed by atoms with Gasteiger partial charge in [-0.15, -0.1) is 22.7 Å². The molecule has 0 bridgehead atoms. The maximum Gasteiger partial charge on any atom is 0.203 e. The molecule has 0 aliphatic heterocycles. The van der Waals surface area contributed by atoms with Gasteiger partial charge in [-0.1, -0.05) is 35.3 Å². The predicted molar refractivity (Wildman–Crippen MR) is 100 cm³/mol. The second-order valence-corrected chi connectivity index (χ2v) is 7.61. The summed E-state index contributed by atoms with van der Waals surface area (Å²) in [5, 5.41) is 7.78. The van der Waals surface area contributed by atoms with E-state index in [-0.39, 0.29) is 0 Å². The number of rotatable bonds is 4. The summed E-state index contributed by atoms with van der Waals surface area (Å²) in [7, 11) is 0. The molecule has 23 heavy (non-hydrogen) atoms. The number of nitrogens with zero attached hydrogens (tertiary/aromatic N) is 3. The quantitative estimate of drug-likeness (QED) is 0.463. The first-order valence-electron chi connectivity index (χ1n) is 6.68. The van der Waals surface area contributed by atoms with Crippen molar-refractivity contribution in [2.45, 2.75) is 13.8 Å². The molecule has 0 unspecified atom stereocenters. The van der Waals surface area contributed by atoms with Crippen LogP contribution in [0.1, 0.15) is 17.5 Å². The van der Waals surface area contributed by atoms with Gasteiger partial charge in [0.25, 0.3) is 0 Å². The van der Waals surface area contributed by atoms with Gasteiger partial charge < -0.3 is 0 Å². The van der Waals surface area contributed by atoms with Gasteiger partial charge in [0.1, 0.15) is 0 Å². The van der Waals surface area contributed by atoms with Crippen LogP contribution in [-0.2, 0) is 0 Å². The second-order valence-electron chi connectivity index (χ2n) is 4.74. The molecule has 1 N–H and O–H groups in total. The van der Waals surface area contributed by atoms with Crippen molar-refractivity contribution in [2.75, 3.05) is 5.43 Å². The fourth-order valence-corrected chi connectivity index (χ4v) is 3.84. The first-order chi connectivity index (χ1) is 11.0. The molecule has 2 aromatic heterocycles. The molecule has 0 aliphatic carbocycles. The highest BCUT2D eigenvalue weighted by Crippen LogP contribution is 2.27. The number of anilines is 1. The summed E-state index contributed by atoms with van der Waals surface area (Å²) < 4.78 is 0.520. The van der Waals surface area contributed by atoms with E-state index in [2.05, 4.69) is 20.5 Å². The highest BCUT2D eigenvalue weighted by atomic mass is 35.5. The van der Waals surface area contributed by atoms with E-state index in [9.17, 15) is 0 Å². The minimum atomic E-state index is 0.520. The minimum absolute atomic E-state index is 0.520. The molecule has 8 heteroatoms. The molecular formula is C15H12Cl2N4S2. The van der Waals surface area contributed by atoms with Crippen molar-refractivity contribution < 1.29 is 0 Å². The van der Waals surface area contributed by atoms with Gasteiger partial charge in [0.2, 0.25) is 5.13 Å². The number of hydrogen-bond donors (Lipinski definition) is 1. The summed E-state index contributed by atoms with van der Waals surface area (Å²) in [5.74, 6) is 0. The molecule has 0 radical (unpaired) electrons. The van der Waals surface area contributed by atoms with E-state index < -0.39 is 0 Å². The average Bonchev–Trinajstić information content (AvgIpc) is 3.12. The number of hydrazone groups is 1. The molecular weight excluding hydrogens is 371 g/mol. The Morgan fingerprint density at radius 2 is 1.91 bits per heavy atom. The van der Waals surface area contributed by atoms with Gasteiger partial charge in [0.15, 0.2) is 4.47 Å². The summed E-state index contributed by atoms with van der Waals surface area (Å²) in [6.45, 7) is 3.83. The third-order valence-corrected chi connectivity index (χ3v) is 5.43. The average molecular weight is 383 g/mol. The van der Waals surface area contributed by atoms with Crippen molar-refractivity contribution in [3.05, 3.63) is 49.7 Å². The van der Waals surface area contributed by atoms with Gasteiger partial charge >= 0.3 is 0 Å². The van der Waals surface area contributed by atoms with E-state index in [4.69, 9.17) is 23.2 Å². The van der Waals surface area contributed by atoms with E-state index in [0.717, 1.165) is 32.7 Å². The lowest BCUT2D eigenvalue weighted by Gasteiger charge is -1.99. The third kappa shape index (κ3) is 3.90. The minimum Gasteiger partial charge on any atom is -0.252 e. The summed E-state index contributed by atoms with van der Waals surface area (Å²) in [5.41, 5.74) is 6.60. The number of nitrogens with one attached hydrogen (secondary N) is 1. The number of aryl methyl sites for hydroxylation is 1. The largest absolute Gasteiger partial charge is 0.252 e. The molecule has 0 atom stereocenters. The molecule has 3 rings (SSSR count). The first kappa shape index (κ1) is 16.4. The van der Waals surface area contributed by atoms with E-state index in [1.54, 1.807) is 0 Å². The smallest absolute Gasteiger partial charge is 0.203 e. The maximum atomic E-state index is 5.92. The molecule has 0 aliphatic rings. The Morgan fingerprint density at radius 3 is 2.57 bits per heavy atom. The Kier molecular flexibility index (Phi) is 4.96. The Hall–Kier alpha value is -1.47. The molecule has 4 nitrogen and oxygen atoms in total. The topological polar surface area (TPSA) is 50.2 Å². The normalized spacial score (nSPS) is 11.7. The van der Waals surface area contributed by atoms with Crippen molar-refractivity contribution in [3.63, 3.8) is 0 Å². The summed E-state index contributed by atoms with van der Waals surface area (Å²) >= 11 is 14.7. The van der Waals surface area contributed by atoms with Crippen LogP contribution in [0.15, 0.2) is 34.7 Å². The van der Waals surface area contributed by atoms with Crippen LogP contribution in [0.3, 0.4) is 0 Å². The second kappa shape index (κ2) is 6.97. The van der Waals surface area contributed by atoms with Crippen molar-refractivity contribution in [2.24, 2.45) is 5.10 Å². The van der Waals surface area contributed by atoms with E-state index >= 15 is 0 Å². The van der Waals surface area contributed by atoms with Gasteiger partial charge in [0, 0.05) is 16.0 Å². The first-order valence-corrected chi connectivity index (χ1v) is 9.13. The number of aromatic nitrogens is 2. The Labute approximate surface area is 151 Å². The van der Waals surface area contributed by atoms with Gasteiger partial charge in [0.05, 0.1) is 22.0 Å². The standard InChI is InChI=1S/C15H12Cl2N4S2/c1-8-13(23-14(17)18-8)9(2)20-21-15-19-12(7-22-15)10-3-5-11(16)6-4-10/h3-7H,1-2H3,(H,19,21)/b20-9+. The molecule has 118 valence electrons. The fourth-order valence-electron chi connectivity index (χ4n) is 1.96. The zero-order valence-electron chi connectivity index (χ0n) is 12.3. The molecule has 2 heterocycles. The molecule has 0 fully saturated rings. The molecule has 0 saturated carbocycles. The zero-order valence-corrected chi connectivity index (χ0v) is 15.4. The molecule has 1 aromatic carbocycles. The highest BCUT2D eigenvalue weighted by Gasteiger charge is 2.09. The summed E-state index contributed by atoms with van der Waals surface area (Å²) in [6.07, 6.45) is 0.